The van der Waals surface area contributed by atoms with Gasteiger partial charge in [-0.1, -0.05) is 26.3 Å². The van der Waals surface area contributed by atoms with E-state index in [1.54, 1.807) is 7.11 Å². The van der Waals surface area contributed by atoms with Crippen LogP contribution in [0.4, 0.5) is 0 Å². The summed E-state index contributed by atoms with van der Waals surface area (Å²) in [5.74, 6) is 1.02. The van der Waals surface area contributed by atoms with Gasteiger partial charge in [-0.2, -0.15) is 0 Å². The number of aryl methyl sites for hydroxylation is 2. The van der Waals surface area contributed by atoms with Crippen LogP contribution in [0.3, 0.4) is 0 Å². The molecular formula is C16H27NO. The number of ether oxygens (including phenoxy) is 1. The average Bonchev–Trinajstić information content (AvgIpc) is 2.34. The van der Waals surface area contributed by atoms with E-state index in [1.165, 1.54) is 23.1 Å². The molecule has 1 aromatic rings. The fourth-order valence-corrected chi connectivity index (χ4v) is 2.51. The van der Waals surface area contributed by atoms with Crippen LogP contribution < -0.4 is 10.1 Å². The second-order valence-electron chi connectivity index (χ2n) is 4.99. The highest BCUT2D eigenvalue weighted by molar-refractivity contribution is 5.45. The van der Waals surface area contributed by atoms with E-state index in [0.717, 1.165) is 25.1 Å². The van der Waals surface area contributed by atoms with Gasteiger partial charge in [-0.05, 0) is 50.4 Å². The van der Waals surface area contributed by atoms with Crippen molar-refractivity contribution in [3.8, 4) is 5.75 Å². The molecular weight excluding hydrogens is 222 g/mol. The molecule has 0 bridgehead atoms. The quantitative estimate of drug-likeness (QED) is 0.783. The largest absolute Gasteiger partial charge is 0.496 e. The molecule has 1 N–H and O–H groups in total. The van der Waals surface area contributed by atoms with Gasteiger partial charge < -0.3 is 10.1 Å². The van der Waals surface area contributed by atoms with Crippen molar-refractivity contribution in [1.29, 1.82) is 0 Å². The Bertz CT molecular complexity index is 374. The fourth-order valence-electron chi connectivity index (χ4n) is 2.51. The monoisotopic (exact) mass is 249 g/mol. The highest BCUT2D eigenvalue weighted by Gasteiger charge is 2.17. The van der Waals surface area contributed by atoms with Crippen molar-refractivity contribution >= 4 is 0 Å². The maximum absolute atomic E-state index is 5.57. The molecule has 0 amide bonds. The summed E-state index contributed by atoms with van der Waals surface area (Å²) < 4.78 is 5.57. The number of hydrogen-bond donors (Lipinski definition) is 1. The van der Waals surface area contributed by atoms with Crippen molar-refractivity contribution in [2.45, 2.75) is 53.0 Å². The zero-order valence-corrected chi connectivity index (χ0v) is 12.5. The molecule has 0 aliphatic carbocycles. The van der Waals surface area contributed by atoms with Gasteiger partial charge in [0, 0.05) is 11.6 Å². The van der Waals surface area contributed by atoms with Crippen molar-refractivity contribution in [1.82, 2.24) is 5.32 Å². The standard InChI is InChI=1S/C16H27NO/c1-6-8-14(17-9-7-2)16-13(4)10-12(3)11-15(16)18-5/h10-11,14,17H,6-9H2,1-5H3. The summed E-state index contributed by atoms with van der Waals surface area (Å²) in [7, 11) is 1.76. The van der Waals surface area contributed by atoms with Gasteiger partial charge in [0.15, 0.2) is 0 Å². The second-order valence-corrected chi connectivity index (χ2v) is 4.99. The first-order chi connectivity index (χ1) is 8.63. The third kappa shape index (κ3) is 3.74. The van der Waals surface area contributed by atoms with Crippen LogP contribution in [0.5, 0.6) is 5.75 Å². The molecule has 0 fully saturated rings. The number of nitrogens with one attached hydrogen (secondary N) is 1. The minimum absolute atomic E-state index is 0.408. The summed E-state index contributed by atoms with van der Waals surface area (Å²) in [6, 6.07) is 4.79. The van der Waals surface area contributed by atoms with Crippen LogP contribution in [-0.2, 0) is 0 Å². The van der Waals surface area contributed by atoms with Crippen LogP contribution in [0.15, 0.2) is 12.1 Å². The van der Waals surface area contributed by atoms with Crippen molar-refractivity contribution < 1.29 is 4.74 Å². The summed E-state index contributed by atoms with van der Waals surface area (Å²) in [4.78, 5) is 0. The first-order valence-corrected chi connectivity index (χ1v) is 7.02. The predicted molar refractivity (Wildman–Crippen MR) is 78.4 cm³/mol. The number of methoxy groups -OCH3 is 1. The number of benzene rings is 1. The van der Waals surface area contributed by atoms with E-state index in [9.17, 15) is 0 Å². The van der Waals surface area contributed by atoms with Crippen molar-refractivity contribution in [2.75, 3.05) is 13.7 Å². The van der Waals surface area contributed by atoms with Gasteiger partial charge in [-0.25, -0.2) is 0 Å². The van der Waals surface area contributed by atoms with Gasteiger partial charge in [-0.3, -0.25) is 0 Å². The third-order valence-electron chi connectivity index (χ3n) is 3.28. The molecule has 1 atom stereocenters. The summed E-state index contributed by atoms with van der Waals surface area (Å²) in [6.07, 6.45) is 3.49. The van der Waals surface area contributed by atoms with Gasteiger partial charge in [0.2, 0.25) is 0 Å². The lowest BCUT2D eigenvalue weighted by Gasteiger charge is -2.23. The Morgan fingerprint density at radius 3 is 2.44 bits per heavy atom. The van der Waals surface area contributed by atoms with E-state index in [-0.39, 0.29) is 0 Å². The zero-order valence-electron chi connectivity index (χ0n) is 12.5. The minimum Gasteiger partial charge on any atom is -0.496 e. The van der Waals surface area contributed by atoms with Crippen LogP contribution in [0, 0.1) is 13.8 Å². The SMILES string of the molecule is CCCNC(CCC)c1c(C)cc(C)cc1OC. The Kier molecular flexibility index (Phi) is 6.20. The van der Waals surface area contributed by atoms with Crippen molar-refractivity contribution in [3.05, 3.63) is 28.8 Å². The molecule has 1 unspecified atom stereocenters. The molecule has 1 aromatic carbocycles. The van der Waals surface area contributed by atoms with E-state index in [2.05, 4.69) is 45.1 Å². The highest BCUT2D eigenvalue weighted by atomic mass is 16.5. The molecule has 0 aliphatic rings. The lowest BCUT2D eigenvalue weighted by Crippen LogP contribution is -2.23. The normalized spacial score (nSPS) is 12.5. The van der Waals surface area contributed by atoms with Crippen LogP contribution in [0.25, 0.3) is 0 Å². The molecule has 1 rings (SSSR count). The van der Waals surface area contributed by atoms with E-state index in [4.69, 9.17) is 4.74 Å². The van der Waals surface area contributed by atoms with E-state index >= 15 is 0 Å². The van der Waals surface area contributed by atoms with Crippen molar-refractivity contribution in [3.63, 3.8) is 0 Å². The Balaban J connectivity index is 3.08. The van der Waals surface area contributed by atoms with Gasteiger partial charge >= 0.3 is 0 Å². The molecule has 0 saturated heterocycles. The molecule has 0 spiro atoms. The van der Waals surface area contributed by atoms with E-state index < -0.39 is 0 Å². The van der Waals surface area contributed by atoms with E-state index in [0.29, 0.717) is 6.04 Å². The molecule has 0 heterocycles. The zero-order chi connectivity index (χ0) is 13.5. The summed E-state index contributed by atoms with van der Waals surface area (Å²) >= 11 is 0. The van der Waals surface area contributed by atoms with Gasteiger partial charge in [0.25, 0.3) is 0 Å². The van der Waals surface area contributed by atoms with E-state index in [1.807, 2.05) is 0 Å². The van der Waals surface area contributed by atoms with Crippen LogP contribution in [0.1, 0.15) is 55.8 Å². The van der Waals surface area contributed by atoms with Gasteiger partial charge in [0.1, 0.15) is 5.75 Å². The average molecular weight is 249 g/mol. The maximum atomic E-state index is 5.57. The smallest absolute Gasteiger partial charge is 0.124 e. The lowest BCUT2D eigenvalue weighted by atomic mass is 9.95. The van der Waals surface area contributed by atoms with Gasteiger partial charge in [0.05, 0.1) is 7.11 Å². The highest BCUT2D eigenvalue weighted by Crippen LogP contribution is 2.32. The summed E-state index contributed by atoms with van der Waals surface area (Å²) in [6.45, 7) is 9.79. The third-order valence-corrected chi connectivity index (χ3v) is 3.28. The predicted octanol–water partition coefficient (Wildman–Crippen LogP) is 4.15. The number of rotatable bonds is 7. The Morgan fingerprint density at radius 1 is 1.17 bits per heavy atom. The maximum Gasteiger partial charge on any atom is 0.124 e. The summed E-state index contributed by atoms with van der Waals surface area (Å²) in [5.41, 5.74) is 3.92. The molecule has 0 radical (unpaired) electrons. The Labute approximate surface area is 112 Å². The first kappa shape index (κ1) is 15.0. The molecule has 0 aliphatic heterocycles. The van der Waals surface area contributed by atoms with Crippen molar-refractivity contribution in [2.24, 2.45) is 0 Å². The topological polar surface area (TPSA) is 21.3 Å². The van der Waals surface area contributed by atoms with Gasteiger partial charge in [-0.15, -0.1) is 0 Å². The Morgan fingerprint density at radius 2 is 1.89 bits per heavy atom. The molecule has 2 nitrogen and oxygen atoms in total. The minimum atomic E-state index is 0.408. The first-order valence-electron chi connectivity index (χ1n) is 7.02. The Hall–Kier alpha value is -1.02. The second kappa shape index (κ2) is 7.42. The fraction of sp³-hybridized carbons (Fsp3) is 0.625. The molecule has 18 heavy (non-hydrogen) atoms. The molecule has 2 heteroatoms. The molecule has 102 valence electrons. The summed E-state index contributed by atoms with van der Waals surface area (Å²) in [5, 5.41) is 3.64. The van der Waals surface area contributed by atoms with Crippen LogP contribution in [-0.4, -0.2) is 13.7 Å². The number of hydrogen-bond acceptors (Lipinski definition) is 2. The molecule has 0 aromatic heterocycles. The van der Waals surface area contributed by atoms with Crippen LogP contribution >= 0.6 is 0 Å². The lowest BCUT2D eigenvalue weighted by molar-refractivity contribution is 0.393. The van der Waals surface area contributed by atoms with Crippen LogP contribution in [0.2, 0.25) is 0 Å². The molecule has 0 saturated carbocycles.